The summed E-state index contributed by atoms with van der Waals surface area (Å²) in [5.41, 5.74) is 0.651. The number of ether oxygens (including phenoxy) is 1. The van der Waals surface area contributed by atoms with Crippen molar-refractivity contribution in [2.24, 2.45) is 0 Å². The minimum absolute atomic E-state index is 0.217. The molecule has 3 heteroatoms. The Labute approximate surface area is 82.3 Å². The van der Waals surface area contributed by atoms with Crippen LogP contribution in [0, 0.1) is 5.82 Å². The van der Waals surface area contributed by atoms with Crippen molar-refractivity contribution in [2.45, 2.75) is 32.0 Å². The van der Waals surface area contributed by atoms with Gasteiger partial charge in [-0.05, 0) is 31.9 Å². The van der Waals surface area contributed by atoms with Crippen molar-refractivity contribution in [3.63, 3.8) is 0 Å². The van der Waals surface area contributed by atoms with Gasteiger partial charge < -0.3 is 9.84 Å². The highest BCUT2D eigenvalue weighted by Gasteiger charge is 2.25. The van der Waals surface area contributed by atoms with E-state index in [1.807, 2.05) is 0 Å². The van der Waals surface area contributed by atoms with E-state index in [1.54, 1.807) is 13.0 Å². The topological polar surface area (TPSA) is 29.5 Å². The van der Waals surface area contributed by atoms with Crippen LogP contribution in [0.15, 0.2) is 18.2 Å². The summed E-state index contributed by atoms with van der Waals surface area (Å²) in [7, 11) is 0. The number of hydrogen-bond donors (Lipinski definition) is 1. The van der Waals surface area contributed by atoms with E-state index in [2.05, 4.69) is 0 Å². The molecule has 1 N–H and O–H groups in total. The highest BCUT2D eigenvalue weighted by Crippen LogP contribution is 2.32. The van der Waals surface area contributed by atoms with Gasteiger partial charge in [0.05, 0.1) is 12.2 Å². The van der Waals surface area contributed by atoms with Crippen LogP contribution in [0.1, 0.15) is 31.4 Å². The van der Waals surface area contributed by atoms with Crippen LogP contribution in [0.5, 0.6) is 5.75 Å². The Morgan fingerprint density at radius 3 is 2.79 bits per heavy atom. The van der Waals surface area contributed by atoms with Crippen molar-refractivity contribution < 1.29 is 14.2 Å². The molecule has 0 radical (unpaired) electrons. The predicted octanol–water partition coefficient (Wildman–Crippen LogP) is 2.42. The third-order valence-electron chi connectivity index (χ3n) is 2.24. The molecule has 1 fully saturated rings. The van der Waals surface area contributed by atoms with Crippen LogP contribution in [-0.2, 0) is 0 Å². The lowest BCUT2D eigenvalue weighted by atomic mass is 10.1. The van der Waals surface area contributed by atoms with Crippen LogP contribution < -0.4 is 4.74 Å². The third kappa shape index (κ3) is 2.04. The molecule has 2 nitrogen and oxygen atoms in total. The first-order valence-electron chi connectivity index (χ1n) is 4.81. The molecule has 2 rings (SSSR count). The van der Waals surface area contributed by atoms with E-state index in [4.69, 9.17) is 4.74 Å². The van der Waals surface area contributed by atoms with Gasteiger partial charge in [-0.2, -0.15) is 0 Å². The summed E-state index contributed by atoms with van der Waals surface area (Å²) in [5.74, 6) is 0.146. The van der Waals surface area contributed by atoms with E-state index in [0.717, 1.165) is 12.8 Å². The SMILES string of the molecule is C[C@@H](O)c1ccc(F)cc1OC1CC1. The van der Waals surface area contributed by atoms with Gasteiger partial charge in [0.2, 0.25) is 0 Å². The Kier molecular flexibility index (Phi) is 2.42. The number of benzene rings is 1. The average molecular weight is 196 g/mol. The van der Waals surface area contributed by atoms with Gasteiger partial charge in [0.25, 0.3) is 0 Å². The molecule has 14 heavy (non-hydrogen) atoms. The maximum absolute atomic E-state index is 12.9. The van der Waals surface area contributed by atoms with Gasteiger partial charge in [-0.3, -0.25) is 0 Å². The second-order valence-electron chi connectivity index (χ2n) is 3.68. The summed E-state index contributed by atoms with van der Waals surface area (Å²) < 4.78 is 18.4. The number of hydrogen-bond acceptors (Lipinski definition) is 2. The maximum Gasteiger partial charge on any atom is 0.128 e. The zero-order valence-corrected chi connectivity index (χ0v) is 8.03. The molecule has 1 aromatic carbocycles. The van der Waals surface area contributed by atoms with Gasteiger partial charge in [-0.25, -0.2) is 4.39 Å². The average Bonchev–Trinajstić information content (AvgIpc) is 2.87. The van der Waals surface area contributed by atoms with Crippen LogP contribution >= 0.6 is 0 Å². The summed E-state index contributed by atoms with van der Waals surface area (Å²) in [5, 5.41) is 9.43. The summed E-state index contributed by atoms with van der Waals surface area (Å²) in [6.07, 6.45) is 1.64. The van der Waals surface area contributed by atoms with Gasteiger partial charge >= 0.3 is 0 Å². The fraction of sp³-hybridized carbons (Fsp3) is 0.455. The summed E-state index contributed by atoms with van der Waals surface area (Å²) in [6, 6.07) is 4.24. The first-order valence-corrected chi connectivity index (χ1v) is 4.81. The molecule has 1 aliphatic rings. The third-order valence-corrected chi connectivity index (χ3v) is 2.24. The van der Waals surface area contributed by atoms with E-state index < -0.39 is 6.10 Å². The molecule has 76 valence electrons. The van der Waals surface area contributed by atoms with E-state index in [1.165, 1.54) is 12.1 Å². The van der Waals surface area contributed by atoms with Gasteiger partial charge in [0.1, 0.15) is 11.6 Å². The molecule has 1 aromatic rings. The van der Waals surface area contributed by atoms with Gasteiger partial charge in [-0.1, -0.05) is 0 Å². The highest BCUT2D eigenvalue weighted by atomic mass is 19.1. The Morgan fingerprint density at radius 1 is 1.50 bits per heavy atom. The molecule has 0 aliphatic heterocycles. The minimum atomic E-state index is -0.621. The molecular weight excluding hydrogens is 183 g/mol. The lowest BCUT2D eigenvalue weighted by molar-refractivity contribution is 0.189. The largest absolute Gasteiger partial charge is 0.490 e. The quantitative estimate of drug-likeness (QED) is 0.804. The Hall–Kier alpha value is -1.09. The van der Waals surface area contributed by atoms with Crippen molar-refractivity contribution >= 4 is 0 Å². The van der Waals surface area contributed by atoms with Crippen LogP contribution in [0.3, 0.4) is 0 Å². The molecule has 0 unspecified atom stereocenters. The van der Waals surface area contributed by atoms with Crippen molar-refractivity contribution in [1.29, 1.82) is 0 Å². The lowest BCUT2D eigenvalue weighted by Gasteiger charge is -2.12. The Bertz CT molecular complexity index is 332. The van der Waals surface area contributed by atoms with Gasteiger partial charge in [-0.15, -0.1) is 0 Å². The number of aliphatic hydroxyl groups excluding tert-OH is 1. The number of rotatable bonds is 3. The maximum atomic E-state index is 12.9. The van der Waals surface area contributed by atoms with Crippen molar-refractivity contribution in [1.82, 2.24) is 0 Å². The molecule has 1 atom stereocenters. The van der Waals surface area contributed by atoms with Gasteiger partial charge in [0, 0.05) is 11.6 Å². The monoisotopic (exact) mass is 196 g/mol. The zero-order chi connectivity index (χ0) is 10.1. The van der Waals surface area contributed by atoms with E-state index in [9.17, 15) is 9.50 Å². The zero-order valence-electron chi connectivity index (χ0n) is 8.03. The van der Waals surface area contributed by atoms with E-state index in [0.29, 0.717) is 11.3 Å². The Morgan fingerprint density at radius 2 is 2.21 bits per heavy atom. The molecule has 0 aromatic heterocycles. The van der Waals surface area contributed by atoms with E-state index >= 15 is 0 Å². The molecule has 0 amide bonds. The molecule has 0 spiro atoms. The lowest BCUT2D eigenvalue weighted by Crippen LogP contribution is -2.02. The first kappa shape index (κ1) is 9.46. The molecule has 1 saturated carbocycles. The minimum Gasteiger partial charge on any atom is -0.490 e. The van der Waals surface area contributed by atoms with Crippen molar-refractivity contribution in [3.05, 3.63) is 29.6 Å². The predicted molar refractivity (Wildman–Crippen MR) is 50.7 cm³/mol. The molecule has 0 bridgehead atoms. The van der Waals surface area contributed by atoms with Crippen LogP contribution in [0.25, 0.3) is 0 Å². The van der Waals surface area contributed by atoms with Crippen LogP contribution in [0.4, 0.5) is 4.39 Å². The normalized spacial score (nSPS) is 17.9. The fourth-order valence-corrected chi connectivity index (χ4v) is 1.32. The van der Waals surface area contributed by atoms with Crippen LogP contribution in [-0.4, -0.2) is 11.2 Å². The molecule has 0 saturated heterocycles. The van der Waals surface area contributed by atoms with Crippen molar-refractivity contribution in [3.8, 4) is 5.75 Å². The fourth-order valence-electron chi connectivity index (χ4n) is 1.32. The second kappa shape index (κ2) is 3.58. The Balaban J connectivity index is 2.27. The number of aliphatic hydroxyl groups is 1. The molecular formula is C11H13FO2. The van der Waals surface area contributed by atoms with Crippen molar-refractivity contribution in [2.75, 3.05) is 0 Å². The van der Waals surface area contributed by atoms with Crippen LogP contribution in [0.2, 0.25) is 0 Å². The first-order chi connectivity index (χ1) is 6.66. The molecule has 1 aliphatic carbocycles. The standard InChI is InChI=1S/C11H13FO2/c1-7(13)10-5-2-8(12)6-11(10)14-9-3-4-9/h2,5-7,9,13H,3-4H2,1H3/t7-/m1/s1. The smallest absolute Gasteiger partial charge is 0.128 e. The number of halogens is 1. The summed E-state index contributed by atoms with van der Waals surface area (Å²) in [4.78, 5) is 0. The molecule has 0 heterocycles. The van der Waals surface area contributed by atoms with Gasteiger partial charge in [0.15, 0.2) is 0 Å². The summed E-state index contributed by atoms with van der Waals surface area (Å²) in [6.45, 7) is 1.65. The summed E-state index contributed by atoms with van der Waals surface area (Å²) >= 11 is 0. The second-order valence-corrected chi connectivity index (χ2v) is 3.68. The van der Waals surface area contributed by atoms with E-state index in [-0.39, 0.29) is 11.9 Å². The highest BCUT2D eigenvalue weighted by molar-refractivity contribution is 5.35.